The average Bonchev–Trinajstić information content (AvgIpc) is 2.54. The van der Waals surface area contributed by atoms with Gasteiger partial charge in [-0.05, 0) is 44.0 Å². The minimum Gasteiger partial charge on any atom is -0.444 e. The molecular weight excluding hydrogens is 304 g/mol. The lowest BCUT2D eigenvalue weighted by Gasteiger charge is -2.27. The van der Waals surface area contributed by atoms with Gasteiger partial charge in [-0.15, -0.1) is 0 Å². The van der Waals surface area contributed by atoms with Crippen molar-refractivity contribution in [2.75, 3.05) is 0 Å². The molecule has 2 rings (SSSR count). The number of amides is 1. The molecule has 1 N–H and O–H groups in total. The van der Waals surface area contributed by atoms with Crippen molar-refractivity contribution in [1.29, 1.82) is 0 Å². The number of rotatable bonds is 5. The van der Waals surface area contributed by atoms with E-state index in [2.05, 4.69) is 4.98 Å². The van der Waals surface area contributed by atoms with Gasteiger partial charge in [0.25, 0.3) is 0 Å². The summed E-state index contributed by atoms with van der Waals surface area (Å²) in [4.78, 5) is 18.4. The van der Waals surface area contributed by atoms with Crippen LogP contribution in [0.4, 0.5) is 4.79 Å². The number of benzene rings is 1. The summed E-state index contributed by atoms with van der Waals surface area (Å²) in [7, 11) is 0. The lowest BCUT2D eigenvalue weighted by atomic mass is 10.1. The molecule has 0 atom stereocenters. The fourth-order valence-corrected chi connectivity index (χ4v) is 2.17. The Balaban J connectivity index is 2.16. The molecule has 24 heavy (non-hydrogen) atoms. The minimum atomic E-state index is -0.555. The van der Waals surface area contributed by atoms with E-state index in [0.717, 1.165) is 16.8 Å². The maximum absolute atomic E-state index is 12.5. The molecule has 1 aromatic heterocycles. The Morgan fingerprint density at radius 1 is 1.08 bits per heavy atom. The first-order valence-electron chi connectivity index (χ1n) is 7.94. The molecule has 0 fully saturated rings. The third-order valence-electron chi connectivity index (χ3n) is 3.31. The van der Waals surface area contributed by atoms with E-state index in [1.807, 2.05) is 63.2 Å². The molecule has 0 aliphatic rings. The maximum atomic E-state index is 12.5. The van der Waals surface area contributed by atoms with E-state index in [0.29, 0.717) is 13.1 Å². The van der Waals surface area contributed by atoms with Crippen molar-refractivity contribution in [3.8, 4) is 0 Å². The first kappa shape index (κ1) is 17.9. The molecule has 5 heteroatoms. The van der Waals surface area contributed by atoms with Gasteiger partial charge in [-0.3, -0.25) is 9.88 Å². The number of pyridine rings is 1. The monoisotopic (exact) mass is 328 g/mol. The van der Waals surface area contributed by atoms with Crippen LogP contribution in [0.2, 0.25) is 0 Å². The number of carbonyl (C=O) groups is 1. The first-order chi connectivity index (χ1) is 11.4. The zero-order chi connectivity index (χ0) is 17.6. The number of nitrogens with zero attached hydrogens (tertiary/aromatic N) is 2. The summed E-state index contributed by atoms with van der Waals surface area (Å²) in [6.07, 6.45) is 1.33. The van der Waals surface area contributed by atoms with E-state index in [1.165, 1.54) is 0 Å². The fraction of sp³-hybridized carbons (Fsp3) is 0.368. The molecule has 2 aromatic rings. The zero-order valence-electron chi connectivity index (χ0n) is 14.4. The minimum absolute atomic E-state index is 0.00396. The van der Waals surface area contributed by atoms with Crippen LogP contribution in [0.3, 0.4) is 0 Å². The van der Waals surface area contributed by atoms with Gasteiger partial charge in [-0.25, -0.2) is 4.79 Å². The van der Waals surface area contributed by atoms with E-state index in [1.54, 1.807) is 11.1 Å². The molecule has 0 aliphatic carbocycles. The van der Waals surface area contributed by atoms with Crippen molar-refractivity contribution in [2.24, 2.45) is 0 Å². The Hall–Kier alpha value is -2.40. The predicted molar refractivity (Wildman–Crippen MR) is 92.1 cm³/mol. The molecule has 5 nitrogen and oxygen atoms in total. The number of aliphatic hydroxyl groups is 1. The Kier molecular flexibility index (Phi) is 5.93. The van der Waals surface area contributed by atoms with Crippen LogP contribution in [0.25, 0.3) is 0 Å². The van der Waals surface area contributed by atoms with Crippen molar-refractivity contribution < 1.29 is 14.6 Å². The number of aliphatic hydroxyl groups excluding tert-OH is 1. The van der Waals surface area contributed by atoms with Crippen LogP contribution in [0, 0.1) is 0 Å². The summed E-state index contributed by atoms with van der Waals surface area (Å²) in [5.41, 5.74) is 2.05. The van der Waals surface area contributed by atoms with Crippen molar-refractivity contribution in [1.82, 2.24) is 9.88 Å². The number of hydrogen-bond acceptors (Lipinski definition) is 4. The standard InChI is InChI=1S/C19H24N2O3/c1-19(2,3)24-18(23)21(13-17-6-4-5-11-20-17)12-15-7-9-16(14-22)10-8-15/h4-11,22H,12-14H2,1-3H3. The van der Waals surface area contributed by atoms with E-state index in [-0.39, 0.29) is 12.7 Å². The third-order valence-corrected chi connectivity index (χ3v) is 3.31. The summed E-state index contributed by atoms with van der Waals surface area (Å²) >= 11 is 0. The van der Waals surface area contributed by atoms with Crippen molar-refractivity contribution in [2.45, 2.75) is 46.1 Å². The van der Waals surface area contributed by atoms with Crippen molar-refractivity contribution >= 4 is 6.09 Å². The molecule has 0 saturated heterocycles. The highest BCUT2D eigenvalue weighted by molar-refractivity contribution is 5.68. The molecule has 0 spiro atoms. The lowest BCUT2D eigenvalue weighted by molar-refractivity contribution is 0.0214. The molecule has 1 amide bonds. The summed E-state index contributed by atoms with van der Waals surface area (Å²) in [6.45, 7) is 6.33. The predicted octanol–water partition coefficient (Wildman–Crippen LogP) is 3.51. The van der Waals surface area contributed by atoms with Crippen molar-refractivity contribution in [3.63, 3.8) is 0 Å². The highest BCUT2D eigenvalue weighted by atomic mass is 16.6. The van der Waals surface area contributed by atoms with Crippen LogP contribution in [0.1, 0.15) is 37.6 Å². The summed E-state index contributed by atoms with van der Waals surface area (Å²) in [5.74, 6) is 0. The smallest absolute Gasteiger partial charge is 0.410 e. The topological polar surface area (TPSA) is 62.7 Å². The average molecular weight is 328 g/mol. The van der Waals surface area contributed by atoms with E-state index >= 15 is 0 Å². The van der Waals surface area contributed by atoms with Gasteiger partial charge in [-0.2, -0.15) is 0 Å². The van der Waals surface area contributed by atoms with Gasteiger partial charge < -0.3 is 9.84 Å². The Morgan fingerprint density at radius 2 is 1.75 bits per heavy atom. The first-order valence-corrected chi connectivity index (χ1v) is 7.94. The van der Waals surface area contributed by atoms with Gasteiger partial charge in [0.15, 0.2) is 0 Å². The molecule has 0 aliphatic heterocycles. The quantitative estimate of drug-likeness (QED) is 0.912. The Morgan fingerprint density at radius 3 is 2.29 bits per heavy atom. The second-order valence-corrected chi connectivity index (χ2v) is 6.63. The highest BCUT2D eigenvalue weighted by Gasteiger charge is 2.22. The van der Waals surface area contributed by atoms with Crippen LogP contribution < -0.4 is 0 Å². The SMILES string of the molecule is CC(C)(C)OC(=O)N(Cc1ccc(CO)cc1)Cc1ccccn1. The van der Waals surface area contributed by atoms with E-state index in [9.17, 15) is 4.79 Å². The summed E-state index contributed by atoms with van der Waals surface area (Å²) < 4.78 is 5.51. The second kappa shape index (κ2) is 7.93. The van der Waals surface area contributed by atoms with Gasteiger partial charge in [0, 0.05) is 12.7 Å². The van der Waals surface area contributed by atoms with Gasteiger partial charge in [0.05, 0.1) is 18.8 Å². The molecule has 1 aromatic carbocycles. The normalized spacial score (nSPS) is 11.2. The molecule has 0 radical (unpaired) electrons. The van der Waals surface area contributed by atoms with E-state index in [4.69, 9.17) is 9.84 Å². The van der Waals surface area contributed by atoms with Crippen molar-refractivity contribution in [3.05, 3.63) is 65.5 Å². The van der Waals surface area contributed by atoms with Crippen LogP contribution in [0.5, 0.6) is 0 Å². The molecule has 0 saturated carbocycles. The highest BCUT2D eigenvalue weighted by Crippen LogP contribution is 2.15. The summed E-state index contributed by atoms with van der Waals surface area (Å²) in [5, 5.41) is 9.13. The molecule has 128 valence electrons. The van der Waals surface area contributed by atoms with Gasteiger partial charge >= 0.3 is 6.09 Å². The molecule has 1 heterocycles. The third kappa shape index (κ3) is 5.66. The largest absolute Gasteiger partial charge is 0.444 e. The van der Waals surface area contributed by atoms with Crippen LogP contribution in [0.15, 0.2) is 48.7 Å². The van der Waals surface area contributed by atoms with E-state index < -0.39 is 5.60 Å². The van der Waals surface area contributed by atoms with Crippen LogP contribution in [-0.4, -0.2) is 26.7 Å². The molecule has 0 bridgehead atoms. The second-order valence-electron chi connectivity index (χ2n) is 6.63. The maximum Gasteiger partial charge on any atom is 0.410 e. The van der Waals surface area contributed by atoms with Gasteiger partial charge in [0.1, 0.15) is 5.60 Å². The Labute approximate surface area is 142 Å². The van der Waals surface area contributed by atoms with Gasteiger partial charge in [-0.1, -0.05) is 30.3 Å². The Bertz CT molecular complexity index is 649. The van der Waals surface area contributed by atoms with Gasteiger partial charge in [0.2, 0.25) is 0 Å². The fourth-order valence-electron chi connectivity index (χ4n) is 2.17. The lowest BCUT2D eigenvalue weighted by Crippen LogP contribution is -2.36. The number of carbonyl (C=O) groups excluding carboxylic acids is 1. The zero-order valence-corrected chi connectivity index (χ0v) is 14.4. The summed E-state index contributed by atoms with van der Waals surface area (Å²) in [6, 6.07) is 13.1. The van der Waals surface area contributed by atoms with Crippen LogP contribution in [-0.2, 0) is 24.4 Å². The van der Waals surface area contributed by atoms with Crippen LogP contribution >= 0.6 is 0 Å². The molecule has 0 unspecified atom stereocenters. The number of aromatic nitrogens is 1. The number of hydrogen-bond donors (Lipinski definition) is 1. The number of ether oxygens (including phenoxy) is 1. The molecular formula is C19H24N2O3.